The molecule has 90 valence electrons. The zero-order valence-electron chi connectivity index (χ0n) is 9.80. The van der Waals surface area contributed by atoms with Crippen molar-refractivity contribution in [1.82, 2.24) is 15.0 Å². The second-order valence-electron chi connectivity index (χ2n) is 4.02. The van der Waals surface area contributed by atoms with Gasteiger partial charge in [0.1, 0.15) is 6.54 Å². The van der Waals surface area contributed by atoms with Gasteiger partial charge in [-0.3, -0.25) is 10.1 Å². The maximum absolute atomic E-state index is 10.5. The molecule has 16 heavy (non-hydrogen) atoms. The molecular formula is C10H18N4O2. The smallest absolute Gasteiger partial charge is 0.229 e. The minimum absolute atomic E-state index is 0.285. The fourth-order valence-corrected chi connectivity index (χ4v) is 1.44. The summed E-state index contributed by atoms with van der Waals surface area (Å²) >= 11 is 0. The summed E-state index contributed by atoms with van der Waals surface area (Å²) in [6.45, 7) is 4.00. The van der Waals surface area contributed by atoms with Gasteiger partial charge in [0.05, 0.1) is 5.69 Å². The first kappa shape index (κ1) is 12.6. The largest absolute Gasteiger partial charge is 0.264 e. The highest BCUT2D eigenvalue weighted by Crippen LogP contribution is 2.03. The molecule has 0 N–H and O–H groups in total. The lowest BCUT2D eigenvalue weighted by molar-refractivity contribution is -0.520. The van der Waals surface area contributed by atoms with Crippen LogP contribution in [0.1, 0.15) is 38.8 Å². The van der Waals surface area contributed by atoms with E-state index >= 15 is 0 Å². The molecule has 1 heterocycles. The number of hydrogen-bond acceptors (Lipinski definition) is 4. The van der Waals surface area contributed by atoms with E-state index in [9.17, 15) is 10.1 Å². The van der Waals surface area contributed by atoms with Crippen LogP contribution in [0.15, 0.2) is 6.20 Å². The summed E-state index contributed by atoms with van der Waals surface area (Å²) in [6, 6.07) is -0.620. The summed E-state index contributed by atoms with van der Waals surface area (Å²) in [4.78, 5) is 10.2. The van der Waals surface area contributed by atoms with Gasteiger partial charge in [0.2, 0.25) is 6.04 Å². The molecule has 0 saturated carbocycles. The van der Waals surface area contributed by atoms with Crippen molar-refractivity contribution in [2.24, 2.45) is 0 Å². The molecule has 0 bridgehead atoms. The molecule has 6 heteroatoms. The van der Waals surface area contributed by atoms with Crippen LogP contribution in [0.2, 0.25) is 0 Å². The summed E-state index contributed by atoms with van der Waals surface area (Å²) in [6.07, 6.45) is 6.15. The summed E-state index contributed by atoms with van der Waals surface area (Å²) in [5, 5.41) is 18.3. The lowest BCUT2D eigenvalue weighted by atomic mass is 10.2. The van der Waals surface area contributed by atoms with Gasteiger partial charge in [-0.05, 0) is 12.8 Å². The average molecular weight is 226 g/mol. The van der Waals surface area contributed by atoms with Crippen molar-refractivity contribution < 1.29 is 4.92 Å². The topological polar surface area (TPSA) is 73.8 Å². The van der Waals surface area contributed by atoms with Crippen LogP contribution in [0.3, 0.4) is 0 Å². The molecule has 0 fully saturated rings. The first-order chi connectivity index (χ1) is 7.63. The van der Waals surface area contributed by atoms with E-state index in [1.54, 1.807) is 17.8 Å². The van der Waals surface area contributed by atoms with Crippen molar-refractivity contribution in [2.75, 3.05) is 0 Å². The Labute approximate surface area is 94.8 Å². The molecular weight excluding hydrogens is 208 g/mol. The molecule has 1 aromatic rings. The van der Waals surface area contributed by atoms with Crippen molar-refractivity contribution in [3.8, 4) is 0 Å². The van der Waals surface area contributed by atoms with Crippen LogP contribution in [0.25, 0.3) is 0 Å². The lowest BCUT2D eigenvalue weighted by Gasteiger charge is -2.01. The predicted molar refractivity (Wildman–Crippen MR) is 59.7 cm³/mol. The van der Waals surface area contributed by atoms with E-state index in [0.29, 0.717) is 0 Å². The van der Waals surface area contributed by atoms with Gasteiger partial charge in [-0.15, -0.1) is 5.10 Å². The molecule has 6 nitrogen and oxygen atoms in total. The zero-order valence-corrected chi connectivity index (χ0v) is 9.80. The first-order valence-corrected chi connectivity index (χ1v) is 5.66. The van der Waals surface area contributed by atoms with Crippen LogP contribution < -0.4 is 0 Å². The maximum atomic E-state index is 10.5. The van der Waals surface area contributed by atoms with E-state index < -0.39 is 6.04 Å². The Hall–Kier alpha value is -1.46. The molecule has 1 rings (SSSR count). The highest BCUT2D eigenvalue weighted by Gasteiger charge is 2.14. The van der Waals surface area contributed by atoms with Gasteiger partial charge in [-0.2, -0.15) is 0 Å². The number of aryl methyl sites for hydroxylation is 1. The minimum atomic E-state index is -0.620. The van der Waals surface area contributed by atoms with Gasteiger partial charge in [0.25, 0.3) is 0 Å². The Bertz CT molecular complexity index is 337. The molecule has 1 unspecified atom stereocenters. The summed E-state index contributed by atoms with van der Waals surface area (Å²) in [5.41, 5.74) is 0.920. The van der Waals surface area contributed by atoms with E-state index in [-0.39, 0.29) is 11.5 Å². The third kappa shape index (κ3) is 3.96. The Kier molecular flexibility index (Phi) is 4.88. The number of nitro groups is 1. The van der Waals surface area contributed by atoms with Crippen molar-refractivity contribution in [3.05, 3.63) is 22.0 Å². The van der Waals surface area contributed by atoms with Crippen molar-refractivity contribution in [1.29, 1.82) is 0 Å². The van der Waals surface area contributed by atoms with Crippen LogP contribution in [0.5, 0.6) is 0 Å². The fraction of sp³-hybridized carbons (Fsp3) is 0.800. The molecule has 0 spiro atoms. The van der Waals surface area contributed by atoms with Crippen molar-refractivity contribution >= 4 is 0 Å². The molecule has 0 radical (unpaired) electrons. The van der Waals surface area contributed by atoms with Crippen LogP contribution >= 0.6 is 0 Å². The normalized spacial score (nSPS) is 12.6. The molecule has 0 saturated heterocycles. The molecule has 1 aromatic heterocycles. The van der Waals surface area contributed by atoms with Crippen molar-refractivity contribution in [2.45, 2.75) is 52.1 Å². The predicted octanol–water partition coefficient (Wildman–Crippen LogP) is 1.68. The van der Waals surface area contributed by atoms with E-state index in [1.165, 1.54) is 12.8 Å². The fourth-order valence-electron chi connectivity index (χ4n) is 1.44. The Morgan fingerprint density at radius 3 is 2.94 bits per heavy atom. The molecule has 1 atom stereocenters. The van der Waals surface area contributed by atoms with Crippen LogP contribution in [-0.2, 0) is 13.0 Å². The SMILES string of the molecule is CCCCCc1cn(CC(C)[N+](=O)[O-])nn1. The van der Waals surface area contributed by atoms with Crippen LogP contribution in [-0.4, -0.2) is 26.0 Å². The number of nitrogens with zero attached hydrogens (tertiary/aromatic N) is 4. The quantitative estimate of drug-likeness (QED) is 0.402. The molecule has 0 aromatic carbocycles. The minimum Gasteiger partial charge on any atom is -0.264 e. The van der Waals surface area contributed by atoms with E-state index in [2.05, 4.69) is 17.2 Å². The molecule has 0 aliphatic carbocycles. The van der Waals surface area contributed by atoms with Gasteiger partial charge in [-0.1, -0.05) is 25.0 Å². The lowest BCUT2D eigenvalue weighted by Crippen LogP contribution is -2.22. The van der Waals surface area contributed by atoms with E-state index in [0.717, 1.165) is 18.5 Å². The third-order valence-electron chi connectivity index (χ3n) is 2.43. The monoisotopic (exact) mass is 226 g/mol. The second-order valence-corrected chi connectivity index (χ2v) is 4.02. The average Bonchev–Trinajstić information content (AvgIpc) is 2.66. The van der Waals surface area contributed by atoms with Gasteiger partial charge < -0.3 is 0 Å². The molecule has 0 aliphatic heterocycles. The first-order valence-electron chi connectivity index (χ1n) is 5.66. The Morgan fingerprint density at radius 2 is 2.31 bits per heavy atom. The number of rotatable bonds is 7. The summed E-state index contributed by atoms with van der Waals surface area (Å²) < 4.78 is 1.55. The molecule has 0 amide bonds. The number of unbranched alkanes of at least 4 members (excludes halogenated alkanes) is 2. The Morgan fingerprint density at radius 1 is 1.56 bits per heavy atom. The maximum Gasteiger partial charge on any atom is 0.229 e. The highest BCUT2D eigenvalue weighted by atomic mass is 16.6. The number of aromatic nitrogens is 3. The third-order valence-corrected chi connectivity index (χ3v) is 2.43. The van der Waals surface area contributed by atoms with Gasteiger partial charge >= 0.3 is 0 Å². The van der Waals surface area contributed by atoms with Gasteiger partial charge in [0.15, 0.2) is 0 Å². The standard InChI is InChI=1S/C10H18N4O2/c1-3-4-5-6-10-8-13(12-11-10)7-9(2)14(15)16/h8-9H,3-7H2,1-2H3. The summed E-state index contributed by atoms with van der Waals surface area (Å²) in [5.74, 6) is 0. The highest BCUT2D eigenvalue weighted by molar-refractivity contribution is 4.92. The van der Waals surface area contributed by atoms with Crippen LogP contribution in [0.4, 0.5) is 0 Å². The van der Waals surface area contributed by atoms with Crippen LogP contribution in [0, 0.1) is 10.1 Å². The molecule has 0 aliphatic rings. The van der Waals surface area contributed by atoms with Gasteiger partial charge in [0, 0.05) is 18.0 Å². The van der Waals surface area contributed by atoms with E-state index in [1.807, 2.05) is 0 Å². The van der Waals surface area contributed by atoms with Crippen molar-refractivity contribution in [3.63, 3.8) is 0 Å². The van der Waals surface area contributed by atoms with Gasteiger partial charge in [-0.25, -0.2) is 4.68 Å². The number of hydrogen-bond donors (Lipinski definition) is 0. The van der Waals surface area contributed by atoms with E-state index in [4.69, 9.17) is 0 Å². The zero-order chi connectivity index (χ0) is 12.0. The summed E-state index contributed by atoms with van der Waals surface area (Å²) in [7, 11) is 0. The Balaban J connectivity index is 2.42. The second kappa shape index (κ2) is 6.19.